The molecule has 0 saturated heterocycles. The van der Waals surface area contributed by atoms with Crippen LogP contribution in [0.15, 0.2) is 18.2 Å². The molecule has 0 aromatic heterocycles. The zero-order valence-corrected chi connectivity index (χ0v) is 12.3. The average Bonchev–Trinajstić information content (AvgIpc) is 2.38. The number of hydrogen-bond donors (Lipinski definition) is 2. The summed E-state index contributed by atoms with van der Waals surface area (Å²) in [4.78, 5) is 0. The fraction of sp³-hybridized carbons (Fsp3) is 0.533. The molecule has 0 heterocycles. The second kappa shape index (κ2) is 7.49. The van der Waals surface area contributed by atoms with Crippen molar-refractivity contribution in [1.29, 1.82) is 5.26 Å². The summed E-state index contributed by atoms with van der Waals surface area (Å²) >= 11 is 6.12. The van der Waals surface area contributed by atoms with Crippen LogP contribution >= 0.6 is 11.6 Å². The average molecular weight is 281 g/mol. The molecule has 0 aliphatic rings. The summed E-state index contributed by atoms with van der Waals surface area (Å²) in [6, 6.07) is 7.42. The molecule has 0 fully saturated rings. The quantitative estimate of drug-likeness (QED) is 0.807. The molecule has 0 unspecified atom stereocenters. The van der Waals surface area contributed by atoms with Crippen LogP contribution < -0.4 is 5.32 Å². The maximum atomic E-state index is 8.85. The van der Waals surface area contributed by atoms with Gasteiger partial charge in [-0.15, -0.1) is 0 Å². The molecule has 1 aromatic rings. The topological polar surface area (TPSA) is 56.0 Å². The molecule has 0 spiro atoms. The molecule has 1 rings (SSSR count). The van der Waals surface area contributed by atoms with Crippen molar-refractivity contribution >= 4 is 11.6 Å². The third-order valence-electron chi connectivity index (χ3n) is 3.11. The van der Waals surface area contributed by atoms with Crippen LogP contribution in [0.25, 0.3) is 0 Å². The van der Waals surface area contributed by atoms with Gasteiger partial charge in [0.05, 0.1) is 11.6 Å². The van der Waals surface area contributed by atoms with E-state index < -0.39 is 0 Å². The molecule has 0 radical (unpaired) electrons. The van der Waals surface area contributed by atoms with Gasteiger partial charge < -0.3 is 10.4 Å². The fourth-order valence-electron chi connectivity index (χ4n) is 1.94. The minimum atomic E-state index is 0.155. The van der Waals surface area contributed by atoms with Crippen molar-refractivity contribution in [2.45, 2.75) is 33.2 Å². The largest absolute Gasteiger partial charge is 0.396 e. The van der Waals surface area contributed by atoms with E-state index in [0.717, 1.165) is 24.9 Å². The van der Waals surface area contributed by atoms with E-state index in [1.165, 1.54) is 0 Å². The summed E-state index contributed by atoms with van der Waals surface area (Å²) in [6.45, 7) is 6.15. The number of nitrogens with zero attached hydrogens (tertiary/aromatic N) is 1. The van der Waals surface area contributed by atoms with Gasteiger partial charge in [0, 0.05) is 24.7 Å². The monoisotopic (exact) mass is 280 g/mol. The predicted octanol–water partition coefficient (Wildman–Crippen LogP) is 3.10. The highest BCUT2D eigenvalue weighted by Crippen LogP contribution is 2.22. The Balaban J connectivity index is 2.47. The number of benzene rings is 1. The first kappa shape index (κ1) is 16.0. The number of nitriles is 1. The smallest absolute Gasteiger partial charge is 0.0992 e. The van der Waals surface area contributed by atoms with Gasteiger partial charge in [0.1, 0.15) is 0 Å². The Bertz CT molecular complexity index is 452. The first-order chi connectivity index (χ1) is 8.98. The van der Waals surface area contributed by atoms with Crippen molar-refractivity contribution in [1.82, 2.24) is 5.32 Å². The molecule has 1 aromatic carbocycles. The summed E-state index contributed by atoms with van der Waals surface area (Å²) in [7, 11) is 0. The second-order valence-electron chi connectivity index (χ2n) is 5.51. The van der Waals surface area contributed by atoms with Gasteiger partial charge in [0.25, 0.3) is 0 Å². The maximum absolute atomic E-state index is 8.85. The van der Waals surface area contributed by atoms with E-state index in [-0.39, 0.29) is 12.0 Å². The minimum absolute atomic E-state index is 0.155. The molecule has 4 heteroatoms. The van der Waals surface area contributed by atoms with E-state index in [1.807, 2.05) is 6.07 Å². The number of rotatable bonds is 7. The lowest BCUT2D eigenvalue weighted by Gasteiger charge is -2.24. The van der Waals surface area contributed by atoms with Gasteiger partial charge in [-0.2, -0.15) is 5.26 Å². The molecule has 2 N–H and O–H groups in total. The van der Waals surface area contributed by atoms with Crippen LogP contribution in [0.5, 0.6) is 0 Å². The fourth-order valence-corrected chi connectivity index (χ4v) is 2.19. The third-order valence-corrected chi connectivity index (χ3v) is 3.46. The number of hydrogen-bond acceptors (Lipinski definition) is 3. The normalized spacial score (nSPS) is 11.3. The molecule has 19 heavy (non-hydrogen) atoms. The molecule has 0 aliphatic carbocycles. The van der Waals surface area contributed by atoms with Crippen molar-refractivity contribution in [2.75, 3.05) is 13.2 Å². The van der Waals surface area contributed by atoms with Crippen molar-refractivity contribution in [3.8, 4) is 6.07 Å². The Morgan fingerprint density at radius 3 is 2.74 bits per heavy atom. The lowest BCUT2D eigenvalue weighted by molar-refractivity contribution is 0.236. The van der Waals surface area contributed by atoms with Gasteiger partial charge in [0.2, 0.25) is 0 Å². The molecule has 0 amide bonds. The van der Waals surface area contributed by atoms with Gasteiger partial charge >= 0.3 is 0 Å². The molecule has 0 saturated carbocycles. The molecular formula is C15H21ClN2O. The first-order valence-electron chi connectivity index (χ1n) is 6.48. The van der Waals surface area contributed by atoms with Crippen LogP contribution in [0.1, 0.15) is 37.8 Å². The number of aliphatic hydroxyl groups excluding tert-OH is 1. The lowest BCUT2D eigenvalue weighted by Crippen LogP contribution is -2.29. The number of halogens is 1. The number of nitrogens with one attached hydrogen (secondary N) is 1. The van der Waals surface area contributed by atoms with Crippen molar-refractivity contribution in [3.63, 3.8) is 0 Å². The minimum Gasteiger partial charge on any atom is -0.396 e. The van der Waals surface area contributed by atoms with Gasteiger partial charge in [-0.3, -0.25) is 0 Å². The van der Waals surface area contributed by atoms with E-state index in [4.69, 9.17) is 22.0 Å². The Labute approximate surface area is 120 Å². The van der Waals surface area contributed by atoms with Crippen LogP contribution in [0, 0.1) is 16.7 Å². The van der Waals surface area contributed by atoms with Crippen LogP contribution in [-0.2, 0) is 6.54 Å². The van der Waals surface area contributed by atoms with E-state index in [0.29, 0.717) is 17.1 Å². The maximum Gasteiger partial charge on any atom is 0.0992 e. The highest BCUT2D eigenvalue weighted by Gasteiger charge is 2.16. The van der Waals surface area contributed by atoms with E-state index in [9.17, 15) is 0 Å². The van der Waals surface area contributed by atoms with Crippen molar-refractivity contribution in [2.24, 2.45) is 5.41 Å². The second-order valence-corrected chi connectivity index (χ2v) is 5.92. The standard InChI is InChI=1S/C15H21ClN2O/c1-15(2,6-3-7-19)11-18-10-13-5-4-12(9-17)8-14(13)16/h4-5,8,18-19H,3,6-7,10-11H2,1-2H3. The van der Waals surface area contributed by atoms with Crippen molar-refractivity contribution < 1.29 is 5.11 Å². The summed E-state index contributed by atoms with van der Waals surface area (Å²) in [5.41, 5.74) is 1.73. The zero-order valence-electron chi connectivity index (χ0n) is 11.5. The summed E-state index contributed by atoms with van der Waals surface area (Å²) in [5, 5.41) is 21.6. The Hall–Kier alpha value is -1.08. The first-order valence-corrected chi connectivity index (χ1v) is 6.86. The lowest BCUT2D eigenvalue weighted by atomic mass is 9.88. The van der Waals surface area contributed by atoms with Crippen LogP contribution in [0.3, 0.4) is 0 Å². The summed E-state index contributed by atoms with van der Waals surface area (Å²) in [5.74, 6) is 0. The van der Waals surface area contributed by atoms with E-state index in [1.54, 1.807) is 12.1 Å². The SMILES string of the molecule is CC(C)(CCCO)CNCc1ccc(C#N)cc1Cl. The van der Waals surface area contributed by atoms with Crippen molar-refractivity contribution in [3.05, 3.63) is 34.3 Å². The zero-order chi connectivity index (χ0) is 14.3. The third kappa shape index (κ3) is 5.61. The molecule has 0 atom stereocenters. The van der Waals surface area contributed by atoms with Gasteiger partial charge in [-0.25, -0.2) is 0 Å². The van der Waals surface area contributed by atoms with Crippen LogP contribution in [0.2, 0.25) is 5.02 Å². The summed E-state index contributed by atoms with van der Waals surface area (Å²) in [6.07, 6.45) is 1.81. The van der Waals surface area contributed by atoms with E-state index in [2.05, 4.69) is 25.2 Å². The highest BCUT2D eigenvalue weighted by atomic mass is 35.5. The highest BCUT2D eigenvalue weighted by molar-refractivity contribution is 6.31. The number of aliphatic hydroxyl groups is 1. The van der Waals surface area contributed by atoms with Gasteiger partial charge in [-0.05, 0) is 36.0 Å². The molecule has 3 nitrogen and oxygen atoms in total. The molecule has 0 bridgehead atoms. The van der Waals surface area contributed by atoms with Gasteiger partial charge in [0.15, 0.2) is 0 Å². The van der Waals surface area contributed by atoms with Gasteiger partial charge in [-0.1, -0.05) is 31.5 Å². The van der Waals surface area contributed by atoms with E-state index >= 15 is 0 Å². The Morgan fingerprint density at radius 1 is 1.42 bits per heavy atom. The summed E-state index contributed by atoms with van der Waals surface area (Å²) < 4.78 is 0. The van der Waals surface area contributed by atoms with Crippen LogP contribution in [0.4, 0.5) is 0 Å². The van der Waals surface area contributed by atoms with Crippen LogP contribution in [-0.4, -0.2) is 18.3 Å². The predicted molar refractivity (Wildman–Crippen MR) is 78.0 cm³/mol. The Morgan fingerprint density at radius 2 is 2.16 bits per heavy atom. The molecular weight excluding hydrogens is 260 g/mol. The molecule has 104 valence electrons. The molecule has 0 aliphatic heterocycles. The Kier molecular flexibility index (Phi) is 6.30.